The lowest BCUT2D eigenvalue weighted by Gasteiger charge is -2.05. The lowest BCUT2D eigenvalue weighted by molar-refractivity contribution is 0.483. The topological polar surface area (TPSA) is 80.4 Å². The number of benzene rings is 1. The number of nitrogen functional groups attached to an aromatic ring is 1. The van der Waals surface area contributed by atoms with Crippen molar-refractivity contribution >= 4 is 38.4 Å². The van der Waals surface area contributed by atoms with Crippen molar-refractivity contribution in [2.75, 3.05) is 5.73 Å². The smallest absolute Gasteiger partial charge is 0.294 e. The Morgan fingerprint density at radius 1 is 1.46 bits per heavy atom. The molecule has 0 unspecified atom stereocenters. The number of nitrogens with two attached hydrogens (primary N) is 1. The maximum absolute atomic E-state index is 10.7. The number of anilines is 1. The van der Waals surface area contributed by atoms with Crippen molar-refractivity contribution in [1.29, 1.82) is 0 Å². The Morgan fingerprint density at radius 3 is 2.38 bits per heavy atom. The molecule has 0 spiro atoms. The normalized spacial score (nSPS) is 11.6. The fourth-order valence-corrected chi connectivity index (χ4v) is 2.22. The molecular formula is C7H8INO3S. The fourth-order valence-electron chi connectivity index (χ4n) is 0.823. The molecule has 0 aliphatic rings. The maximum atomic E-state index is 10.7. The zero-order valence-corrected chi connectivity index (χ0v) is 9.76. The molecule has 0 bridgehead atoms. The molecule has 13 heavy (non-hydrogen) atoms. The van der Waals surface area contributed by atoms with Gasteiger partial charge in [0.05, 0.1) is 4.90 Å². The van der Waals surface area contributed by atoms with E-state index in [4.69, 9.17) is 10.3 Å². The summed E-state index contributed by atoms with van der Waals surface area (Å²) in [5.74, 6) is 0. The quantitative estimate of drug-likeness (QED) is 0.467. The largest absolute Gasteiger partial charge is 0.398 e. The molecule has 0 aliphatic heterocycles. The molecule has 0 atom stereocenters. The molecule has 0 aliphatic carbocycles. The van der Waals surface area contributed by atoms with E-state index >= 15 is 0 Å². The summed E-state index contributed by atoms with van der Waals surface area (Å²) >= 11 is 1.96. The summed E-state index contributed by atoms with van der Waals surface area (Å²) in [6.07, 6.45) is 0. The zero-order valence-electron chi connectivity index (χ0n) is 6.78. The fraction of sp³-hybridized carbons (Fsp3) is 0.143. The van der Waals surface area contributed by atoms with Gasteiger partial charge in [-0.2, -0.15) is 8.42 Å². The van der Waals surface area contributed by atoms with Crippen LogP contribution in [0.3, 0.4) is 0 Å². The Bertz CT molecular complexity index is 418. The van der Waals surface area contributed by atoms with E-state index < -0.39 is 10.1 Å². The van der Waals surface area contributed by atoms with Crippen LogP contribution in [0.4, 0.5) is 5.69 Å². The summed E-state index contributed by atoms with van der Waals surface area (Å²) in [5.41, 5.74) is 6.71. The molecule has 0 heterocycles. The minimum atomic E-state index is -4.15. The summed E-state index contributed by atoms with van der Waals surface area (Å²) in [6, 6.07) is 2.62. The Kier molecular flexibility index (Phi) is 2.83. The van der Waals surface area contributed by atoms with Crippen molar-refractivity contribution in [3.63, 3.8) is 0 Å². The Hall–Kier alpha value is -0.340. The highest BCUT2D eigenvalue weighted by Gasteiger charge is 2.12. The average molecular weight is 313 g/mol. The minimum Gasteiger partial charge on any atom is -0.398 e. The predicted molar refractivity (Wildman–Crippen MR) is 58.1 cm³/mol. The molecule has 0 saturated carbocycles. The Morgan fingerprint density at radius 2 is 2.00 bits per heavy atom. The second-order valence-electron chi connectivity index (χ2n) is 2.59. The van der Waals surface area contributed by atoms with E-state index in [-0.39, 0.29) is 4.90 Å². The van der Waals surface area contributed by atoms with Crippen LogP contribution in [0.15, 0.2) is 17.0 Å². The van der Waals surface area contributed by atoms with Crippen molar-refractivity contribution in [3.05, 3.63) is 21.3 Å². The first-order valence-electron chi connectivity index (χ1n) is 3.35. The van der Waals surface area contributed by atoms with Gasteiger partial charge in [-0.25, -0.2) is 0 Å². The van der Waals surface area contributed by atoms with E-state index in [0.717, 1.165) is 5.56 Å². The van der Waals surface area contributed by atoms with Gasteiger partial charge >= 0.3 is 0 Å². The third kappa shape index (κ3) is 2.32. The first-order chi connectivity index (χ1) is 5.82. The molecule has 0 radical (unpaired) electrons. The highest BCUT2D eigenvalue weighted by atomic mass is 127. The Balaban J connectivity index is 3.47. The standard InChI is InChI=1S/C7H8INO3S/c1-4-6(8)2-5(3-7(4)9)13(10,11)12/h2-3H,9H2,1H3,(H,10,11,12). The lowest BCUT2D eigenvalue weighted by Crippen LogP contribution is -2.02. The van der Waals surface area contributed by atoms with Crippen LogP contribution in [-0.4, -0.2) is 13.0 Å². The van der Waals surface area contributed by atoms with Gasteiger partial charge in [0.2, 0.25) is 0 Å². The number of hydrogen-bond acceptors (Lipinski definition) is 3. The molecule has 0 amide bonds. The van der Waals surface area contributed by atoms with Crippen molar-refractivity contribution < 1.29 is 13.0 Å². The third-order valence-electron chi connectivity index (χ3n) is 1.66. The SMILES string of the molecule is Cc1c(N)cc(S(=O)(=O)O)cc1I. The lowest BCUT2D eigenvalue weighted by atomic mass is 10.2. The van der Waals surface area contributed by atoms with Gasteiger partial charge in [0.1, 0.15) is 0 Å². The van der Waals surface area contributed by atoms with E-state index in [0.29, 0.717) is 9.26 Å². The van der Waals surface area contributed by atoms with Gasteiger partial charge in [0.25, 0.3) is 10.1 Å². The highest BCUT2D eigenvalue weighted by Crippen LogP contribution is 2.23. The van der Waals surface area contributed by atoms with E-state index in [2.05, 4.69) is 0 Å². The Labute approximate surface area is 90.0 Å². The van der Waals surface area contributed by atoms with Crippen molar-refractivity contribution in [1.82, 2.24) is 0 Å². The number of rotatable bonds is 1. The number of halogens is 1. The predicted octanol–water partition coefficient (Wildman–Crippen LogP) is 1.43. The van der Waals surface area contributed by atoms with Crippen LogP contribution >= 0.6 is 22.6 Å². The molecule has 72 valence electrons. The molecule has 6 heteroatoms. The summed E-state index contributed by atoms with van der Waals surface area (Å²) < 4.78 is 30.9. The second-order valence-corrected chi connectivity index (χ2v) is 5.18. The molecule has 0 fully saturated rings. The number of hydrogen-bond donors (Lipinski definition) is 2. The summed E-state index contributed by atoms with van der Waals surface area (Å²) in [5, 5.41) is 0. The van der Waals surface area contributed by atoms with Crippen molar-refractivity contribution in [3.8, 4) is 0 Å². The van der Waals surface area contributed by atoms with Crippen LogP contribution < -0.4 is 5.73 Å². The maximum Gasteiger partial charge on any atom is 0.294 e. The molecule has 1 rings (SSSR count). The van der Waals surface area contributed by atoms with E-state index in [1.807, 2.05) is 22.6 Å². The molecule has 3 N–H and O–H groups in total. The van der Waals surface area contributed by atoms with Gasteiger partial charge in [-0.05, 0) is 47.2 Å². The highest BCUT2D eigenvalue weighted by molar-refractivity contribution is 14.1. The van der Waals surface area contributed by atoms with Crippen molar-refractivity contribution in [2.24, 2.45) is 0 Å². The van der Waals surface area contributed by atoms with Gasteiger partial charge in [-0.3, -0.25) is 4.55 Å². The monoisotopic (exact) mass is 313 g/mol. The minimum absolute atomic E-state index is 0.167. The van der Waals surface area contributed by atoms with E-state index in [9.17, 15) is 8.42 Å². The third-order valence-corrected chi connectivity index (χ3v) is 3.61. The van der Waals surface area contributed by atoms with Gasteiger partial charge in [0, 0.05) is 9.26 Å². The molecule has 0 aromatic heterocycles. The van der Waals surface area contributed by atoms with E-state index in [1.165, 1.54) is 12.1 Å². The van der Waals surface area contributed by atoms with Crippen LogP contribution in [0.1, 0.15) is 5.56 Å². The molecule has 1 aromatic rings. The van der Waals surface area contributed by atoms with Gasteiger partial charge in [-0.1, -0.05) is 0 Å². The van der Waals surface area contributed by atoms with Crippen LogP contribution in [0.25, 0.3) is 0 Å². The first-order valence-corrected chi connectivity index (χ1v) is 5.87. The first kappa shape index (κ1) is 10.7. The summed E-state index contributed by atoms with van der Waals surface area (Å²) in [6.45, 7) is 1.78. The van der Waals surface area contributed by atoms with Crippen LogP contribution in [-0.2, 0) is 10.1 Å². The molecule has 0 saturated heterocycles. The van der Waals surface area contributed by atoms with Crippen LogP contribution in [0.2, 0.25) is 0 Å². The van der Waals surface area contributed by atoms with Crippen LogP contribution in [0, 0.1) is 10.5 Å². The summed E-state index contributed by atoms with van der Waals surface area (Å²) in [4.78, 5) is -0.167. The van der Waals surface area contributed by atoms with E-state index in [1.54, 1.807) is 6.92 Å². The van der Waals surface area contributed by atoms with Gasteiger partial charge in [0.15, 0.2) is 0 Å². The average Bonchev–Trinajstić information content (AvgIpc) is 1.97. The van der Waals surface area contributed by atoms with Crippen LogP contribution in [0.5, 0.6) is 0 Å². The van der Waals surface area contributed by atoms with Gasteiger partial charge < -0.3 is 5.73 Å². The summed E-state index contributed by atoms with van der Waals surface area (Å²) in [7, 11) is -4.15. The van der Waals surface area contributed by atoms with Crippen molar-refractivity contribution in [2.45, 2.75) is 11.8 Å². The zero-order chi connectivity index (χ0) is 10.2. The van der Waals surface area contributed by atoms with Gasteiger partial charge in [-0.15, -0.1) is 0 Å². The molecule has 4 nitrogen and oxygen atoms in total. The second kappa shape index (κ2) is 3.43. The molecule has 1 aromatic carbocycles. The molecular weight excluding hydrogens is 305 g/mol.